The van der Waals surface area contributed by atoms with Crippen LogP contribution in [0, 0.1) is 11.3 Å². The molecule has 1 unspecified atom stereocenters. The van der Waals surface area contributed by atoms with Gasteiger partial charge in [0.25, 0.3) is 0 Å². The van der Waals surface area contributed by atoms with Crippen molar-refractivity contribution in [2.45, 2.75) is 72.3 Å². The molecule has 1 fully saturated rings. The highest BCUT2D eigenvalue weighted by Gasteiger charge is 2.33. The van der Waals surface area contributed by atoms with E-state index < -0.39 is 0 Å². The first-order chi connectivity index (χ1) is 9.01. The van der Waals surface area contributed by atoms with Gasteiger partial charge in [0.2, 0.25) is 0 Å². The van der Waals surface area contributed by atoms with Crippen LogP contribution in [0.3, 0.4) is 0 Å². The maximum Gasteiger partial charge on any atom is 0.00871 e. The minimum absolute atomic E-state index is 0.533. The molecule has 0 radical (unpaired) electrons. The third-order valence-corrected chi connectivity index (χ3v) is 5.09. The van der Waals surface area contributed by atoms with Crippen LogP contribution in [0.15, 0.2) is 0 Å². The van der Waals surface area contributed by atoms with Crippen molar-refractivity contribution in [2.75, 3.05) is 26.7 Å². The zero-order valence-corrected chi connectivity index (χ0v) is 14.0. The van der Waals surface area contributed by atoms with Crippen LogP contribution in [-0.2, 0) is 0 Å². The molecular formula is C17H36N2. The summed E-state index contributed by atoms with van der Waals surface area (Å²) in [6, 6.07) is 0.685. The molecular weight excluding hydrogens is 232 g/mol. The van der Waals surface area contributed by atoms with Gasteiger partial charge in [-0.15, -0.1) is 0 Å². The van der Waals surface area contributed by atoms with Crippen LogP contribution in [0.1, 0.15) is 66.2 Å². The molecule has 1 N–H and O–H groups in total. The Morgan fingerprint density at radius 1 is 1.11 bits per heavy atom. The monoisotopic (exact) mass is 268 g/mol. The summed E-state index contributed by atoms with van der Waals surface area (Å²) in [5.41, 5.74) is 0.533. The summed E-state index contributed by atoms with van der Waals surface area (Å²) in [7, 11) is 2.32. The van der Waals surface area contributed by atoms with E-state index >= 15 is 0 Å². The van der Waals surface area contributed by atoms with Gasteiger partial charge in [-0.1, -0.05) is 40.0 Å². The minimum Gasteiger partial charge on any atom is -0.316 e. The highest BCUT2D eigenvalue weighted by atomic mass is 15.1. The number of hydrogen-bond donors (Lipinski definition) is 1. The zero-order chi connectivity index (χ0) is 14.3. The predicted molar refractivity (Wildman–Crippen MR) is 85.6 cm³/mol. The lowest BCUT2D eigenvalue weighted by Crippen LogP contribution is -2.47. The summed E-state index contributed by atoms with van der Waals surface area (Å²) in [5, 5.41) is 3.69. The molecule has 1 aliphatic carbocycles. The summed E-state index contributed by atoms with van der Waals surface area (Å²) in [6.07, 6.45) is 8.38. The fraction of sp³-hybridized carbons (Fsp3) is 1.00. The van der Waals surface area contributed by atoms with Crippen LogP contribution < -0.4 is 5.32 Å². The van der Waals surface area contributed by atoms with Crippen molar-refractivity contribution in [2.24, 2.45) is 11.3 Å². The van der Waals surface area contributed by atoms with Crippen LogP contribution >= 0.6 is 0 Å². The first-order valence-corrected chi connectivity index (χ1v) is 8.42. The summed E-state index contributed by atoms with van der Waals surface area (Å²) < 4.78 is 0. The third kappa shape index (κ3) is 5.43. The predicted octanol–water partition coefficient (Wildman–Crippen LogP) is 3.91. The Labute approximate surface area is 121 Å². The largest absolute Gasteiger partial charge is 0.316 e. The van der Waals surface area contributed by atoms with E-state index in [1.165, 1.54) is 58.2 Å². The van der Waals surface area contributed by atoms with E-state index in [0.29, 0.717) is 11.5 Å². The van der Waals surface area contributed by atoms with Gasteiger partial charge in [-0.05, 0) is 51.1 Å². The molecule has 2 heteroatoms. The lowest BCUT2D eigenvalue weighted by Gasteiger charge is -2.43. The van der Waals surface area contributed by atoms with E-state index in [1.54, 1.807) is 0 Å². The second-order valence-corrected chi connectivity index (χ2v) is 7.14. The van der Waals surface area contributed by atoms with Gasteiger partial charge >= 0.3 is 0 Å². The van der Waals surface area contributed by atoms with Crippen molar-refractivity contribution in [3.8, 4) is 0 Å². The highest BCUT2D eigenvalue weighted by molar-refractivity contribution is 4.88. The normalized spacial score (nSPS) is 21.0. The molecule has 0 aromatic rings. The van der Waals surface area contributed by atoms with Crippen LogP contribution in [0.25, 0.3) is 0 Å². The molecule has 0 aromatic heterocycles. The van der Waals surface area contributed by atoms with Gasteiger partial charge in [0.05, 0.1) is 0 Å². The van der Waals surface area contributed by atoms with Crippen LogP contribution in [0.5, 0.6) is 0 Å². The first-order valence-electron chi connectivity index (χ1n) is 8.42. The third-order valence-electron chi connectivity index (χ3n) is 5.09. The van der Waals surface area contributed by atoms with E-state index in [1.807, 2.05) is 0 Å². The molecule has 1 rings (SSSR count). The second kappa shape index (κ2) is 8.26. The molecule has 1 aliphatic rings. The summed E-state index contributed by atoms with van der Waals surface area (Å²) in [5.74, 6) is 0.745. The number of nitrogens with zero attached hydrogens (tertiary/aromatic N) is 1. The maximum atomic E-state index is 3.69. The van der Waals surface area contributed by atoms with Gasteiger partial charge in [0, 0.05) is 19.1 Å². The molecule has 0 bridgehead atoms. The zero-order valence-electron chi connectivity index (χ0n) is 14.0. The Kier molecular flexibility index (Phi) is 7.38. The van der Waals surface area contributed by atoms with Gasteiger partial charge in [-0.25, -0.2) is 0 Å². The topological polar surface area (TPSA) is 15.3 Å². The van der Waals surface area contributed by atoms with Gasteiger partial charge < -0.3 is 10.2 Å². The second-order valence-electron chi connectivity index (χ2n) is 7.14. The average molecular weight is 268 g/mol. The van der Waals surface area contributed by atoms with Crippen molar-refractivity contribution >= 4 is 0 Å². The number of nitrogens with one attached hydrogen (secondary N) is 1. The standard InChI is InChI=1S/C17H36N2/c1-6-12-18-13-17(10-8-7-9-11-17)14-19(5)16(4)15(2)3/h15-16,18H,6-14H2,1-5H3. The fourth-order valence-corrected chi connectivity index (χ4v) is 3.40. The van der Waals surface area contributed by atoms with Crippen molar-refractivity contribution in [1.82, 2.24) is 10.2 Å². The molecule has 0 heterocycles. The summed E-state index contributed by atoms with van der Waals surface area (Å²) in [4.78, 5) is 2.60. The lowest BCUT2D eigenvalue weighted by atomic mass is 9.73. The molecule has 2 nitrogen and oxygen atoms in total. The molecule has 0 aliphatic heterocycles. The van der Waals surface area contributed by atoms with E-state index in [2.05, 4.69) is 45.0 Å². The van der Waals surface area contributed by atoms with Gasteiger partial charge in [-0.2, -0.15) is 0 Å². The van der Waals surface area contributed by atoms with E-state index in [9.17, 15) is 0 Å². The Hall–Kier alpha value is -0.0800. The SMILES string of the molecule is CCCNCC1(CN(C)C(C)C(C)C)CCCCC1. The molecule has 19 heavy (non-hydrogen) atoms. The van der Waals surface area contributed by atoms with E-state index in [-0.39, 0.29) is 0 Å². The van der Waals surface area contributed by atoms with Crippen molar-refractivity contribution in [3.63, 3.8) is 0 Å². The highest BCUT2D eigenvalue weighted by Crippen LogP contribution is 2.37. The number of hydrogen-bond acceptors (Lipinski definition) is 2. The Balaban J connectivity index is 2.57. The van der Waals surface area contributed by atoms with Crippen molar-refractivity contribution < 1.29 is 0 Å². The van der Waals surface area contributed by atoms with Gasteiger partial charge in [-0.3, -0.25) is 0 Å². The Morgan fingerprint density at radius 3 is 2.26 bits per heavy atom. The average Bonchev–Trinajstić information content (AvgIpc) is 2.39. The fourth-order valence-electron chi connectivity index (χ4n) is 3.40. The van der Waals surface area contributed by atoms with Crippen LogP contribution in [0.4, 0.5) is 0 Å². The molecule has 0 amide bonds. The molecule has 0 aromatic carbocycles. The first kappa shape index (κ1) is 17.0. The quantitative estimate of drug-likeness (QED) is 0.671. The van der Waals surface area contributed by atoms with Crippen LogP contribution in [-0.4, -0.2) is 37.6 Å². The molecule has 0 saturated heterocycles. The number of rotatable bonds is 8. The minimum atomic E-state index is 0.533. The van der Waals surface area contributed by atoms with E-state index in [0.717, 1.165) is 5.92 Å². The maximum absolute atomic E-state index is 3.69. The smallest absolute Gasteiger partial charge is 0.00871 e. The lowest BCUT2D eigenvalue weighted by molar-refractivity contribution is 0.0839. The molecule has 1 saturated carbocycles. The van der Waals surface area contributed by atoms with Gasteiger partial charge in [0.1, 0.15) is 0 Å². The summed E-state index contributed by atoms with van der Waals surface area (Å²) >= 11 is 0. The van der Waals surface area contributed by atoms with Crippen molar-refractivity contribution in [1.29, 1.82) is 0 Å². The Morgan fingerprint density at radius 2 is 1.74 bits per heavy atom. The summed E-state index contributed by atoms with van der Waals surface area (Å²) in [6.45, 7) is 13.0. The van der Waals surface area contributed by atoms with E-state index in [4.69, 9.17) is 0 Å². The molecule has 0 spiro atoms. The molecule has 1 atom stereocenters. The van der Waals surface area contributed by atoms with Crippen LogP contribution in [0.2, 0.25) is 0 Å². The van der Waals surface area contributed by atoms with Crippen molar-refractivity contribution in [3.05, 3.63) is 0 Å². The molecule has 114 valence electrons. The Bertz CT molecular complexity index is 231. The van der Waals surface area contributed by atoms with Gasteiger partial charge in [0.15, 0.2) is 0 Å².